The third kappa shape index (κ3) is 2.88. The maximum Gasteiger partial charge on any atom is 0.326 e. The molecule has 6 nitrogen and oxygen atoms in total. The zero-order valence-electron chi connectivity index (χ0n) is 10.8. The molecule has 0 spiro atoms. The van der Waals surface area contributed by atoms with Crippen molar-refractivity contribution < 1.29 is 24.2 Å². The highest BCUT2D eigenvalue weighted by Crippen LogP contribution is 2.20. The smallest absolute Gasteiger partial charge is 0.326 e. The standard InChI is InChI=1S/C13H15FN2O4/c1-7-4-8(2-3-10(7)14)15-13(20)16-6-9(17)5-11(16)12(18)19/h2-4,9,11,17H,5-6H2,1H3,(H,15,20)(H,18,19)/t9-,11-/m1/s1. The van der Waals surface area contributed by atoms with E-state index >= 15 is 0 Å². The monoisotopic (exact) mass is 282 g/mol. The molecule has 1 aromatic rings. The second kappa shape index (κ2) is 5.46. The summed E-state index contributed by atoms with van der Waals surface area (Å²) in [6.45, 7) is 1.52. The number of carbonyl (C=O) groups excluding carboxylic acids is 1. The predicted molar refractivity (Wildman–Crippen MR) is 68.9 cm³/mol. The Kier molecular flexibility index (Phi) is 3.89. The van der Waals surface area contributed by atoms with Crippen LogP contribution in [0.3, 0.4) is 0 Å². The summed E-state index contributed by atoms with van der Waals surface area (Å²) in [5.41, 5.74) is 0.749. The van der Waals surface area contributed by atoms with E-state index < -0.39 is 24.1 Å². The summed E-state index contributed by atoms with van der Waals surface area (Å²) >= 11 is 0. The van der Waals surface area contributed by atoms with E-state index in [1.165, 1.54) is 18.2 Å². The minimum Gasteiger partial charge on any atom is -0.480 e. The third-order valence-corrected chi connectivity index (χ3v) is 3.23. The first kappa shape index (κ1) is 14.3. The Hall–Kier alpha value is -2.15. The summed E-state index contributed by atoms with van der Waals surface area (Å²) in [4.78, 5) is 24.1. The molecule has 1 aromatic carbocycles. The van der Waals surface area contributed by atoms with E-state index in [0.717, 1.165) is 4.90 Å². The maximum atomic E-state index is 13.1. The molecule has 20 heavy (non-hydrogen) atoms. The molecule has 0 aliphatic carbocycles. The molecule has 0 radical (unpaired) electrons. The van der Waals surface area contributed by atoms with Crippen molar-refractivity contribution >= 4 is 17.7 Å². The minimum atomic E-state index is -1.16. The maximum absolute atomic E-state index is 13.1. The van der Waals surface area contributed by atoms with E-state index in [1.807, 2.05) is 0 Å². The number of benzene rings is 1. The van der Waals surface area contributed by atoms with Gasteiger partial charge in [-0.1, -0.05) is 0 Å². The second-order valence-corrected chi connectivity index (χ2v) is 4.79. The largest absolute Gasteiger partial charge is 0.480 e. The van der Waals surface area contributed by atoms with Crippen molar-refractivity contribution in [3.63, 3.8) is 0 Å². The van der Waals surface area contributed by atoms with E-state index in [1.54, 1.807) is 6.92 Å². The van der Waals surface area contributed by atoms with Gasteiger partial charge < -0.3 is 20.4 Å². The number of carbonyl (C=O) groups is 2. The summed E-state index contributed by atoms with van der Waals surface area (Å²) < 4.78 is 13.1. The highest BCUT2D eigenvalue weighted by molar-refractivity contribution is 5.92. The summed E-state index contributed by atoms with van der Waals surface area (Å²) in [6, 6.07) is 2.39. The number of halogens is 1. The van der Waals surface area contributed by atoms with Gasteiger partial charge in [0.25, 0.3) is 0 Å². The van der Waals surface area contributed by atoms with Gasteiger partial charge in [0.05, 0.1) is 6.10 Å². The molecule has 0 aromatic heterocycles. The average Bonchev–Trinajstić information content (AvgIpc) is 2.76. The Balaban J connectivity index is 2.11. The van der Waals surface area contributed by atoms with Crippen molar-refractivity contribution in [2.45, 2.75) is 25.5 Å². The number of rotatable bonds is 2. The molecule has 2 atom stereocenters. The fourth-order valence-corrected chi connectivity index (χ4v) is 2.19. The molecule has 1 heterocycles. The lowest BCUT2D eigenvalue weighted by molar-refractivity contribution is -0.141. The van der Waals surface area contributed by atoms with Crippen LogP contribution in [0.5, 0.6) is 0 Å². The lowest BCUT2D eigenvalue weighted by Gasteiger charge is -2.21. The zero-order valence-corrected chi connectivity index (χ0v) is 10.8. The van der Waals surface area contributed by atoms with E-state index in [0.29, 0.717) is 11.3 Å². The van der Waals surface area contributed by atoms with Gasteiger partial charge in [0.1, 0.15) is 11.9 Å². The van der Waals surface area contributed by atoms with Gasteiger partial charge in [-0.05, 0) is 30.7 Å². The van der Waals surface area contributed by atoms with Crippen LogP contribution in [0.4, 0.5) is 14.9 Å². The molecule has 108 valence electrons. The Morgan fingerprint density at radius 3 is 2.75 bits per heavy atom. The molecule has 1 aliphatic rings. The van der Waals surface area contributed by atoms with Crippen molar-refractivity contribution in [3.05, 3.63) is 29.6 Å². The molecule has 1 saturated heterocycles. The zero-order chi connectivity index (χ0) is 14.9. The Bertz CT molecular complexity index is 549. The van der Waals surface area contributed by atoms with Crippen LogP contribution >= 0.6 is 0 Å². The van der Waals surface area contributed by atoms with E-state index in [2.05, 4.69) is 5.32 Å². The summed E-state index contributed by atoms with van der Waals surface area (Å²) in [5.74, 6) is -1.55. The number of nitrogens with one attached hydrogen (secondary N) is 1. The molecule has 0 unspecified atom stereocenters. The quantitative estimate of drug-likeness (QED) is 0.760. The van der Waals surface area contributed by atoms with Crippen LogP contribution in [0.15, 0.2) is 18.2 Å². The van der Waals surface area contributed by atoms with E-state index in [4.69, 9.17) is 5.11 Å². The molecule has 2 rings (SSSR count). The fourth-order valence-electron chi connectivity index (χ4n) is 2.19. The van der Waals surface area contributed by atoms with Gasteiger partial charge in [-0.25, -0.2) is 14.0 Å². The molecule has 0 bridgehead atoms. The number of aliphatic hydroxyl groups excluding tert-OH is 1. The first-order chi connectivity index (χ1) is 9.38. The molecular weight excluding hydrogens is 267 g/mol. The summed E-state index contributed by atoms with van der Waals surface area (Å²) in [5, 5.41) is 21.0. The van der Waals surface area contributed by atoms with Gasteiger partial charge in [0, 0.05) is 18.7 Å². The van der Waals surface area contributed by atoms with Gasteiger partial charge in [-0.3, -0.25) is 0 Å². The molecule has 7 heteroatoms. The van der Waals surface area contributed by atoms with Crippen LogP contribution in [-0.2, 0) is 4.79 Å². The number of aliphatic hydroxyl groups is 1. The van der Waals surface area contributed by atoms with Crippen LogP contribution in [0.25, 0.3) is 0 Å². The first-order valence-electron chi connectivity index (χ1n) is 6.13. The molecule has 3 N–H and O–H groups in total. The Labute approximate surface area is 114 Å². The van der Waals surface area contributed by atoms with Gasteiger partial charge in [0.2, 0.25) is 0 Å². The lowest BCUT2D eigenvalue weighted by atomic mass is 10.2. The summed E-state index contributed by atoms with van der Waals surface area (Å²) in [6.07, 6.45) is -0.845. The minimum absolute atomic E-state index is 0.00516. The third-order valence-electron chi connectivity index (χ3n) is 3.23. The Morgan fingerprint density at radius 1 is 1.45 bits per heavy atom. The van der Waals surface area contributed by atoms with Gasteiger partial charge in [0.15, 0.2) is 0 Å². The predicted octanol–water partition coefficient (Wildman–Crippen LogP) is 1.19. The fraction of sp³-hybridized carbons (Fsp3) is 0.385. The second-order valence-electron chi connectivity index (χ2n) is 4.79. The number of likely N-dealkylation sites (tertiary alicyclic amines) is 1. The highest BCUT2D eigenvalue weighted by Gasteiger charge is 2.38. The highest BCUT2D eigenvalue weighted by atomic mass is 19.1. The number of nitrogens with zero attached hydrogens (tertiary/aromatic N) is 1. The van der Waals surface area contributed by atoms with Crippen molar-refractivity contribution in [2.24, 2.45) is 0 Å². The number of aliphatic carboxylic acids is 1. The number of anilines is 1. The molecule has 1 aliphatic heterocycles. The molecule has 0 saturated carbocycles. The number of β-amino-alcohol motifs (C(OH)–C–C–N with tert-alkyl or cyclic N) is 1. The number of hydrogen-bond acceptors (Lipinski definition) is 3. The molecule has 2 amide bonds. The van der Waals surface area contributed by atoms with Crippen molar-refractivity contribution in [3.8, 4) is 0 Å². The average molecular weight is 282 g/mol. The number of amides is 2. The topological polar surface area (TPSA) is 89.9 Å². The van der Waals surface area contributed by atoms with Gasteiger partial charge >= 0.3 is 12.0 Å². The van der Waals surface area contributed by atoms with Crippen LogP contribution in [0.2, 0.25) is 0 Å². The number of hydrogen-bond donors (Lipinski definition) is 3. The molecular formula is C13H15FN2O4. The van der Waals surface area contributed by atoms with Crippen LogP contribution in [-0.4, -0.2) is 45.8 Å². The van der Waals surface area contributed by atoms with Gasteiger partial charge in [-0.2, -0.15) is 0 Å². The summed E-state index contributed by atoms with van der Waals surface area (Å²) in [7, 11) is 0. The van der Waals surface area contributed by atoms with Gasteiger partial charge in [-0.15, -0.1) is 0 Å². The SMILES string of the molecule is Cc1cc(NC(=O)N2C[C@H](O)C[C@@H]2C(=O)O)ccc1F. The molecule has 1 fully saturated rings. The lowest BCUT2D eigenvalue weighted by Crippen LogP contribution is -2.43. The number of urea groups is 1. The van der Waals surface area contributed by atoms with Crippen LogP contribution < -0.4 is 5.32 Å². The first-order valence-corrected chi connectivity index (χ1v) is 6.13. The Morgan fingerprint density at radius 2 is 2.15 bits per heavy atom. The number of carboxylic acids is 1. The van der Waals surface area contributed by atoms with Crippen molar-refractivity contribution in [2.75, 3.05) is 11.9 Å². The van der Waals surface area contributed by atoms with Crippen LogP contribution in [0, 0.1) is 12.7 Å². The van der Waals surface area contributed by atoms with Crippen molar-refractivity contribution in [1.29, 1.82) is 0 Å². The normalized spacial score (nSPS) is 21.9. The number of carboxylic acid groups (broad SMARTS) is 1. The van der Waals surface area contributed by atoms with E-state index in [-0.39, 0.29) is 18.8 Å². The van der Waals surface area contributed by atoms with Crippen LogP contribution in [0.1, 0.15) is 12.0 Å². The van der Waals surface area contributed by atoms with Crippen molar-refractivity contribution in [1.82, 2.24) is 4.90 Å². The van der Waals surface area contributed by atoms with E-state index in [9.17, 15) is 19.1 Å². The number of aryl methyl sites for hydroxylation is 1.